The summed E-state index contributed by atoms with van der Waals surface area (Å²) in [5.41, 5.74) is 1.29. The monoisotopic (exact) mass is 338 g/mol. The van der Waals surface area contributed by atoms with Crippen LogP contribution in [0.3, 0.4) is 0 Å². The van der Waals surface area contributed by atoms with Gasteiger partial charge in [0.15, 0.2) is 5.43 Å². The predicted molar refractivity (Wildman–Crippen MR) is 78.6 cm³/mol. The van der Waals surface area contributed by atoms with Crippen LogP contribution in [0, 0.1) is 19.7 Å². The number of H-pyrrole nitrogens is 1. The second kappa shape index (κ2) is 5.58. The molecule has 0 fully saturated rings. The van der Waals surface area contributed by atoms with Crippen LogP contribution in [0.15, 0.2) is 33.7 Å². The van der Waals surface area contributed by atoms with Crippen molar-refractivity contribution in [1.29, 1.82) is 0 Å². The molecule has 0 aliphatic carbocycles. The van der Waals surface area contributed by atoms with Gasteiger partial charge >= 0.3 is 0 Å². The van der Waals surface area contributed by atoms with Crippen LogP contribution in [-0.2, 0) is 0 Å². The minimum absolute atomic E-state index is 0.0154. The highest BCUT2D eigenvalue weighted by Gasteiger charge is 2.13. The number of carbonyl (C=O) groups excluding carboxylic acids is 1. The van der Waals surface area contributed by atoms with E-state index in [-0.39, 0.29) is 11.0 Å². The molecule has 2 N–H and O–H groups in total. The molecule has 2 rings (SSSR count). The van der Waals surface area contributed by atoms with E-state index in [0.717, 1.165) is 0 Å². The highest BCUT2D eigenvalue weighted by Crippen LogP contribution is 2.24. The lowest BCUT2D eigenvalue weighted by atomic mass is 10.1. The summed E-state index contributed by atoms with van der Waals surface area (Å²) in [5, 5.41) is 2.54. The highest BCUT2D eigenvalue weighted by atomic mass is 79.9. The zero-order valence-electron chi connectivity index (χ0n) is 10.9. The number of aromatic nitrogens is 1. The molecule has 0 aliphatic rings. The van der Waals surface area contributed by atoms with Crippen LogP contribution in [0.1, 0.15) is 21.6 Å². The van der Waals surface area contributed by atoms with E-state index in [1.165, 1.54) is 18.3 Å². The Morgan fingerprint density at radius 2 is 2.00 bits per heavy atom. The standard InChI is InChI=1S/C14H12BrFN2O2/c1-7-3-10(15)11(16)5-12(7)18-14(20)9-6-17-8(2)4-13(9)19/h3-6H,1-2H3,(H,17,19)(H,18,20). The summed E-state index contributed by atoms with van der Waals surface area (Å²) in [6.45, 7) is 3.45. The molecule has 1 heterocycles. The van der Waals surface area contributed by atoms with Crippen LogP contribution in [0.5, 0.6) is 0 Å². The van der Waals surface area contributed by atoms with Gasteiger partial charge in [-0.3, -0.25) is 9.59 Å². The molecule has 1 amide bonds. The molecule has 0 saturated heterocycles. The summed E-state index contributed by atoms with van der Waals surface area (Å²) in [4.78, 5) is 26.5. The molecule has 1 aromatic heterocycles. The molecular weight excluding hydrogens is 327 g/mol. The first-order valence-electron chi connectivity index (χ1n) is 5.85. The van der Waals surface area contributed by atoms with Crippen LogP contribution in [0.2, 0.25) is 0 Å². The van der Waals surface area contributed by atoms with Gasteiger partial charge in [-0.1, -0.05) is 0 Å². The largest absolute Gasteiger partial charge is 0.364 e. The van der Waals surface area contributed by atoms with E-state index in [1.54, 1.807) is 19.9 Å². The molecule has 0 saturated carbocycles. The molecule has 104 valence electrons. The third-order valence-electron chi connectivity index (χ3n) is 2.82. The first-order valence-corrected chi connectivity index (χ1v) is 6.64. The third kappa shape index (κ3) is 2.96. The van der Waals surface area contributed by atoms with Gasteiger partial charge in [0.1, 0.15) is 11.4 Å². The van der Waals surface area contributed by atoms with Crippen molar-refractivity contribution < 1.29 is 9.18 Å². The molecule has 0 radical (unpaired) electrons. The molecule has 0 aliphatic heterocycles. The quantitative estimate of drug-likeness (QED) is 0.883. The van der Waals surface area contributed by atoms with Crippen molar-refractivity contribution in [3.05, 3.63) is 61.7 Å². The Balaban J connectivity index is 2.33. The molecule has 20 heavy (non-hydrogen) atoms. The number of hydrogen-bond donors (Lipinski definition) is 2. The van der Waals surface area contributed by atoms with E-state index in [4.69, 9.17) is 0 Å². The third-order valence-corrected chi connectivity index (χ3v) is 3.43. The second-order valence-corrected chi connectivity index (χ2v) is 5.28. The van der Waals surface area contributed by atoms with Crippen molar-refractivity contribution in [3.63, 3.8) is 0 Å². The van der Waals surface area contributed by atoms with Crippen molar-refractivity contribution in [2.24, 2.45) is 0 Å². The maximum atomic E-state index is 13.5. The molecule has 6 heteroatoms. The zero-order valence-corrected chi connectivity index (χ0v) is 12.5. The number of pyridine rings is 1. The topological polar surface area (TPSA) is 62.0 Å². The van der Waals surface area contributed by atoms with E-state index in [1.807, 2.05) is 0 Å². The maximum absolute atomic E-state index is 13.5. The summed E-state index contributed by atoms with van der Waals surface area (Å²) < 4.78 is 13.8. The Bertz CT molecular complexity index is 740. The molecule has 0 bridgehead atoms. The lowest BCUT2D eigenvalue weighted by Crippen LogP contribution is -2.22. The van der Waals surface area contributed by atoms with Gasteiger partial charge in [-0.2, -0.15) is 0 Å². The molecule has 0 spiro atoms. The van der Waals surface area contributed by atoms with Crippen LogP contribution in [-0.4, -0.2) is 10.9 Å². The van der Waals surface area contributed by atoms with Crippen molar-refractivity contribution in [3.8, 4) is 0 Å². The van der Waals surface area contributed by atoms with Crippen LogP contribution >= 0.6 is 15.9 Å². The Hall–Kier alpha value is -1.95. The lowest BCUT2D eigenvalue weighted by molar-refractivity contribution is 0.102. The van der Waals surface area contributed by atoms with Crippen LogP contribution in [0.4, 0.5) is 10.1 Å². The number of rotatable bonds is 2. The minimum atomic E-state index is -0.573. The number of halogens is 2. The van der Waals surface area contributed by atoms with Gasteiger partial charge in [-0.15, -0.1) is 0 Å². The minimum Gasteiger partial charge on any atom is -0.364 e. The van der Waals surface area contributed by atoms with Gasteiger partial charge in [-0.25, -0.2) is 4.39 Å². The van der Waals surface area contributed by atoms with E-state index in [2.05, 4.69) is 26.2 Å². The number of anilines is 1. The van der Waals surface area contributed by atoms with Gasteiger partial charge in [0.25, 0.3) is 5.91 Å². The highest BCUT2D eigenvalue weighted by molar-refractivity contribution is 9.10. The number of amides is 1. The van der Waals surface area contributed by atoms with Crippen LogP contribution in [0.25, 0.3) is 0 Å². The molecule has 0 unspecified atom stereocenters. The van der Waals surface area contributed by atoms with E-state index in [9.17, 15) is 14.0 Å². The number of nitrogens with one attached hydrogen (secondary N) is 2. The summed E-state index contributed by atoms with van der Waals surface area (Å²) in [6.07, 6.45) is 1.34. The predicted octanol–water partition coefficient (Wildman–Crippen LogP) is 3.15. The average Bonchev–Trinajstić information content (AvgIpc) is 2.35. The van der Waals surface area contributed by atoms with Gasteiger partial charge in [0.05, 0.1) is 4.47 Å². The molecule has 1 aromatic carbocycles. The molecular formula is C14H12BrFN2O2. The Morgan fingerprint density at radius 1 is 1.30 bits per heavy atom. The Morgan fingerprint density at radius 3 is 2.65 bits per heavy atom. The summed E-state index contributed by atoms with van der Waals surface area (Å²) in [6, 6.07) is 4.11. The fourth-order valence-corrected chi connectivity index (χ4v) is 2.18. The summed E-state index contributed by atoms with van der Waals surface area (Å²) >= 11 is 3.07. The van der Waals surface area contributed by atoms with Gasteiger partial charge in [0, 0.05) is 23.6 Å². The summed E-state index contributed by atoms with van der Waals surface area (Å²) in [5.74, 6) is -1.06. The second-order valence-electron chi connectivity index (χ2n) is 4.43. The number of aryl methyl sites for hydroxylation is 2. The smallest absolute Gasteiger partial charge is 0.261 e. The number of hydrogen-bond acceptors (Lipinski definition) is 2. The van der Waals surface area contributed by atoms with Gasteiger partial charge in [-0.05, 0) is 47.5 Å². The van der Waals surface area contributed by atoms with Crippen molar-refractivity contribution in [1.82, 2.24) is 4.98 Å². The number of benzene rings is 1. The lowest BCUT2D eigenvalue weighted by Gasteiger charge is -2.09. The van der Waals surface area contributed by atoms with Crippen LogP contribution < -0.4 is 10.7 Å². The van der Waals surface area contributed by atoms with E-state index >= 15 is 0 Å². The van der Waals surface area contributed by atoms with E-state index in [0.29, 0.717) is 21.4 Å². The summed E-state index contributed by atoms with van der Waals surface area (Å²) in [7, 11) is 0. The van der Waals surface area contributed by atoms with Gasteiger partial charge < -0.3 is 10.3 Å². The first kappa shape index (κ1) is 14.5. The van der Waals surface area contributed by atoms with Gasteiger partial charge in [0.2, 0.25) is 0 Å². The maximum Gasteiger partial charge on any atom is 0.261 e. The number of aromatic amines is 1. The molecule has 2 aromatic rings. The molecule has 0 atom stereocenters. The fourth-order valence-electron chi connectivity index (χ4n) is 1.72. The molecule has 4 nitrogen and oxygen atoms in total. The fraction of sp³-hybridized carbons (Fsp3) is 0.143. The first-order chi connectivity index (χ1) is 9.38. The Kier molecular flexibility index (Phi) is 4.04. The van der Waals surface area contributed by atoms with Crippen molar-refractivity contribution in [2.45, 2.75) is 13.8 Å². The Labute approximate surface area is 123 Å². The number of carbonyl (C=O) groups is 1. The zero-order chi connectivity index (χ0) is 14.9. The average molecular weight is 339 g/mol. The van der Waals surface area contributed by atoms with E-state index < -0.39 is 11.7 Å². The van der Waals surface area contributed by atoms with Crippen molar-refractivity contribution in [2.75, 3.05) is 5.32 Å². The normalized spacial score (nSPS) is 10.4. The SMILES string of the molecule is Cc1cc(=O)c(C(=O)Nc2cc(F)c(Br)cc2C)c[nH]1. The van der Waals surface area contributed by atoms with Crippen molar-refractivity contribution >= 4 is 27.5 Å².